The van der Waals surface area contributed by atoms with Crippen LogP contribution < -0.4 is 5.32 Å². The molecule has 0 saturated carbocycles. The molecular formula is C12H23N3S. The van der Waals surface area contributed by atoms with Crippen LogP contribution in [-0.4, -0.2) is 23.3 Å². The third-order valence-corrected chi connectivity index (χ3v) is 3.27. The second-order valence-corrected chi connectivity index (χ2v) is 5.69. The van der Waals surface area contributed by atoms with Crippen molar-refractivity contribution in [3.05, 3.63) is 10.0 Å². The van der Waals surface area contributed by atoms with Gasteiger partial charge in [0.15, 0.2) is 0 Å². The summed E-state index contributed by atoms with van der Waals surface area (Å²) in [6.07, 6.45) is 4.49. The van der Waals surface area contributed by atoms with Gasteiger partial charge < -0.3 is 5.32 Å². The van der Waals surface area contributed by atoms with Gasteiger partial charge in [0, 0.05) is 12.8 Å². The lowest BCUT2D eigenvalue weighted by molar-refractivity contribution is 0.633. The lowest BCUT2D eigenvalue weighted by Gasteiger charge is -2.00. The number of aryl methyl sites for hydroxylation is 1. The van der Waals surface area contributed by atoms with Crippen LogP contribution in [0.5, 0.6) is 0 Å². The summed E-state index contributed by atoms with van der Waals surface area (Å²) >= 11 is 1.77. The van der Waals surface area contributed by atoms with E-state index in [1.165, 1.54) is 16.4 Å². The van der Waals surface area contributed by atoms with Gasteiger partial charge in [-0.2, -0.15) is 0 Å². The van der Waals surface area contributed by atoms with Crippen molar-refractivity contribution in [3.8, 4) is 0 Å². The molecule has 1 N–H and O–H groups in total. The number of nitrogens with one attached hydrogen (secondary N) is 1. The van der Waals surface area contributed by atoms with E-state index in [1.807, 2.05) is 0 Å². The normalized spacial score (nSPS) is 11.2. The maximum atomic E-state index is 4.23. The van der Waals surface area contributed by atoms with E-state index < -0.39 is 0 Å². The standard InChI is InChI=1S/C12H23N3S/c1-4-7-13-8-5-6-11-14-15-12(16-11)9-10(2)3/h10,13H,4-9H2,1-3H3. The van der Waals surface area contributed by atoms with Crippen LogP contribution in [0.4, 0.5) is 0 Å². The first-order valence-electron chi connectivity index (χ1n) is 6.24. The molecule has 0 bridgehead atoms. The van der Waals surface area contributed by atoms with Crippen LogP contribution in [0.3, 0.4) is 0 Å². The highest BCUT2D eigenvalue weighted by atomic mass is 32.1. The Bertz CT molecular complexity index is 284. The smallest absolute Gasteiger partial charge is 0.117 e. The molecule has 16 heavy (non-hydrogen) atoms. The van der Waals surface area contributed by atoms with Crippen molar-refractivity contribution in [1.29, 1.82) is 0 Å². The Kier molecular flexibility index (Phi) is 6.57. The summed E-state index contributed by atoms with van der Waals surface area (Å²) in [4.78, 5) is 0. The number of rotatable bonds is 8. The van der Waals surface area contributed by atoms with Crippen LogP contribution in [0.2, 0.25) is 0 Å². The Morgan fingerprint density at radius 1 is 1.19 bits per heavy atom. The number of hydrogen-bond donors (Lipinski definition) is 1. The van der Waals surface area contributed by atoms with Crippen molar-refractivity contribution in [2.45, 2.75) is 46.5 Å². The van der Waals surface area contributed by atoms with Crippen LogP contribution in [0.25, 0.3) is 0 Å². The van der Waals surface area contributed by atoms with Crippen LogP contribution in [0, 0.1) is 5.92 Å². The first-order valence-corrected chi connectivity index (χ1v) is 7.06. The zero-order valence-electron chi connectivity index (χ0n) is 10.6. The molecule has 0 fully saturated rings. The second-order valence-electron chi connectivity index (χ2n) is 4.54. The predicted octanol–water partition coefficient (Wildman–Crippen LogP) is 2.67. The van der Waals surface area contributed by atoms with Crippen LogP contribution in [0.15, 0.2) is 0 Å². The summed E-state index contributed by atoms with van der Waals surface area (Å²) in [5.74, 6) is 0.673. The van der Waals surface area contributed by atoms with Crippen molar-refractivity contribution >= 4 is 11.3 Å². The lowest BCUT2D eigenvalue weighted by atomic mass is 10.1. The zero-order chi connectivity index (χ0) is 11.8. The van der Waals surface area contributed by atoms with Crippen LogP contribution in [0.1, 0.15) is 43.6 Å². The first-order chi connectivity index (χ1) is 7.72. The van der Waals surface area contributed by atoms with E-state index in [0.717, 1.165) is 32.4 Å². The highest BCUT2D eigenvalue weighted by Crippen LogP contribution is 2.15. The Morgan fingerprint density at radius 3 is 2.62 bits per heavy atom. The quantitative estimate of drug-likeness (QED) is 0.711. The topological polar surface area (TPSA) is 37.8 Å². The van der Waals surface area contributed by atoms with Crippen molar-refractivity contribution in [3.63, 3.8) is 0 Å². The fourth-order valence-electron chi connectivity index (χ4n) is 1.49. The van der Waals surface area contributed by atoms with E-state index in [0.29, 0.717) is 5.92 Å². The Balaban J connectivity index is 2.19. The van der Waals surface area contributed by atoms with Gasteiger partial charge in [0.1, 0.15) is 10.0 Å². The van der Waals surface area contributed by atoms with E-state index >= 15 is 0 Å². The van der Waals surface area contributed by atoms with Crippen molar-refractivity contribution < 1.29 is 0 Å². The molecule has 92 valence electrons. The molecule has 0 unspecified atom stereocenters. The molecule has 0 atom stereocenters. The third-order valence-electron chi connectivity index (χ3n) is 2.26. The third kappa shape index (κ3) is 5.56. The fraction of sp³-hybridized carbons (Fsp3) is 0.833. The molecule has 0 aliphatic heterocycles. The Hall–Kier alpha value is -0.480. The summed E-state index contributed by atoms with van der Waals surface area (Å²) in [5, 5.41) is 14.2. The first kappa shape index (κ1) is 13.6. The van der Waals surface area contributed by atoms with Gasteiger partial charge in [-0.25, -0.2) is 0 Å². The number of hydrogen-bond acceptors (Lipinski definition) is 4. The van der Waals surface area contributed by atoms with Crippen molar-refractivity contribution in [2.75, 3.05) is 13.1 Å². The lowest BCUT2D eigenvalue weighted by Crippen LogP contribution is -2.16. The average Bonchev–Trinajstić information content (AvgIpc) is 2.64. The summed E-state index contributed by atoms with van der Waals surface area (Å²) in [5.41, 5.74) is 0. The van der Waals surface area contributed by atoms with Gasteiger partial charge in [0.25, 0.3) is 0 Å². The second kappa shape index (κ2) is 7.74. The fourth-order valence-corrected chi connectivity index (χ4v) is 2.59. The summed E-state index contributed by atoms with van der Waals surface area (Å²) < 4.78 is 0. The minimum atomic E-state index is 0.673. The minimum Gasteiger partial charge on any atom is -0.317 e. The van der Waals surface area contributed by atoms with Gasteiger partial charge in [-0.1, -0.05) is 20.8 Å². The van der Waals surface area contributed by atoms with Gasteiger partial charge in [0.2, 0.25) is 0 Å². The summed E-state index contributed by atoms with van der Waals surface area (Å²) in [6.45, 7) is 8.84. The average molecular weight is 241 g/mol. The van der Waals surface area contributed by atoms with Gasteiger partial charge >= 0.3 is 0 Å². The monoisotopic (exact) mass is 241 g/mol. The van der Waals surface area contributed by atoms with E-state index in [-0.39, 0.29) is 0 Å². The van der Waals surface area contributed by atoms with Gasteiger partial charge in [-0.15, -0.1) is 21.5 Å². The van der Waals surface area contributed by atoms with E-state index in [2.05, 4.69) is 36.3 Å². The molecule has 0 aliphatic rings. The van der Waals surface area contributed by atoms with Crippen LogP contribution in [-0.2, 0) is 12.8 Å². The molecule has 1 aromatic rings. The molecule has 1 heterocycles. The zero-order valence-corrected chi connectivity index (χ0v) is 11.4. The van der Waals surface area contributed by atoms with Crippen molar-refractivity contribution in [1.82, 2.24) is 15.5 Å². The Morgan fingerprint density at radius 2 is 1.94 bits per heavy atom. The van der Waals surface area contributed by atoms with E-state index in [9.17, 15) is 0 Å². The molecule has 0 aromatic carbocycles. The molecule has 0 spiro atoms. The molecule has 1 aromatic heterocycles. The molecule has 0 amide bonds. The maximum Gasteiger partial charge on any atom is 0.117 e. The molecule has 0 radical (unpaired) electrons. The van der Waals surface area contributed by atoms with Gasteiger partial charge in [0.05, 0.1) is 0 Å². The van der Waals surface area contributed by atoms with Gasteiger partial charge in [-0.05, 0) is 31.8 Å². The minimum absolute atomic E-state index is 0.673. The molecular weight excluding hydrogens is 218 g/mol. The van der Waals surface area contributed by atoms with E-state index in [4.69, 9.17) is 0 Å². The largest absolute Gasteiger partial charge is 0.317 e. The highest BCUT2D eigenvalue weighted by Gasteiger charge is 2.05. The SMILES string of the molecule is CCCNCCCc1nnc(CC(C)C)s1. The van der Waals surface area contributed by atoms with Gasteiger partial charge in [-0.3, -0.25) is 0 Å². The Labute approximate surface area is 103 Å². The summed E-state index contributed by atoms with van der Waals surface area (Å²) in [7, 11) is 0. The van der Waals surface area contributed by atoms with Crippen LogP contribution >= 0.6 is 11.3 Å². The molecule has 0 saturated heterocycles. The molecule has 0 aliphatic carbocycles. The molecule has 1 rings (SSSR count). The van der Waals surface area contributed by atoms with Crippen molar-refractivity contribution in [2.24, 2.45) is 5.92 Å². The molecule has 3 nitrogen and oxygen atoms in total. The summed E-state index contributed by atoms with van der Waals surface area (Å²) in [6, 6.07) is 0. The predicted molar refractivity (Wildman–Crippen MR) is 69.9 cm³/mol. The number of nitrogens with zero attached hydrogens (tertiary/aromatic N) is 2. The molecule has 4 heteroatoms. The highest BCUT2D eigenvalue weighted by molar-refractivity contribution is 7.11. The van der Waals surface area contributed by atoms with E-state index in [1.54, 1.807) is 11.3 Å². The number of aromatic nitrogens is 2. The maximum absolute atomic E-state index is 4.23.